The van der Waals surface area contributed by atoms with Crippen LogP contribution in [0.5, 0.6) is 0 Å². The number of nitrogens with zero attached hydrogens (tertiary/aromatic N) is 3. The van der Waals surface area contributed by atoms with Crippen LogP contribution in [0.15, 0.2) is 52.9 Å². The first kappa shape index (κ1) is 24.0. The number of amides is 1. The van der Waals surface area contributed by atoms with Crippen LogP contribution in [0.25, 0.3) is 11.3 Å². The SMILES string of the molecule is Cc1cccc(N2CCN(CC(=O)NCc3nc(-c4ccccc4)c(CC(C)C)o3)CC2)c1C. The van der Waals surface area contributed by atoms with Gasteiger partial charge in [-0.15, -0.1) is 0 Å². The second kappa shape index (κ2) is 10.9. The molecule has 1 amide bonds. The van der Waals surface area contributed by atoms with Crippen LogP contribution in [0.4, 0.5) is 5.69 Å². The molecule has 1 fully saturated rings. The molecule has 0 spiro atoms. The lowest BCUT2D eigenvalue weighted by Gasteiger charge is -2.36. The Morgan fingerprint density at radius 3 is 2.47 bits per heavy atom. The zero-order valence-corrected chi connectivity index (χ0v) is 20.8. The molecule has 6 heteroatoms. The third kappa shape index (κ3) is 5.86. The van der Waals surface area contributed by atoms with E-state index in [2.05, 4.69) is 61.0 Å². The highest BCUT2D eigenvalue weighted by Crippen LogP contribution is 2.26. The smallest absolute Gasteiger partial charge is 0.234 e. The minimum absolute atomic E-state index is 0.00468. The number of hydrogen-bond donors (Lipinski definition) is 1. The average molecular weight is 461 g/mol. The lowest BCUT2D eigenvalue weighted by Crippen LogP contribution is -2.49. The summed E-state index contributed by atoms with van der Waals surface area (Å²) in [6.45, 7) is 13.0. The predicted molar refractivity (Wildman–Crippen MR) is 137 cm³/mol. The van der Waals surface area contributed by atoms with E-state index in [0.29, 0.717) is 24.9 Å². The summed E-state index contributed by atoms with van der Waals surface area (Å²) in [5.74, 6) is 1.90. The van der Waals surface area contributed by atoms with Crippen LogP contribution in [0.3, 0.4) is 0 Å². The lowest BCUT2D eigenvalue weighted by atomic mass is 10.0. The molecule has 1 saturated heterocycles. The Balaban J connectivity index is 1.30. The van der Waals surface area contributed by atoms with Gasteiger partial charge in [0.05, 0.1) is 13.1 Å². The molecule has 1 N–H and O–H groups in total. The molecule has 1 aromatic heterocycles. The zero-order valence-electron chi connectivity index (χ0n) is 20.8. The van der Waals surface area contributed by atoms with E-state index >= 15 is 0 Å². The molecule has 3 aromatic rings. The Hall–Kier alpha value is -3.12. The molecular weight excluding hydrogens is 424 g/mol. The Kier molecular flexibility index (Phi) is 7.68. The van der Waals surface area contributed by atoms with Gasteiger partial charge in [0.2, 0.25) is 11.8 Å². The van der Waals surface area contributed by atoms with Crippen molar-refractivity contribution in [1.82, 2.24) is 15.2 Å². The van der Waals surface area contributed by atoms with Crippen LogP contribution < -0.4 is 10.2 Å². The maximum atomic E-state index is 12.6. The molecule has 2 heterocycles. The topological polar surface area (TPSA) is 61.6 Å². The van der Waals surface area contributed by atoms with Gasteiger partial charge in [0.25, 0.3) is 0 Å². The van der Waals surface area contributed by atoms with Gasteiger partial charge in [-0.05, 0) is 37.0 Å². The average Bonchev–Trinajstić information content (AvgIpc) is 3.23. The summed E-state index contributed by atoms with van der Waals surface area (Å²) in [7, 11) is 0. The van der Waals surface area contributed by atoms with Gasteiger partial charge in [0.1, 0.15) is 11.5 Å². The number of oxazole rings is 1. The summed E-state index contributed by atoms with van der Waals surface area (Å²) in [5, 5.41) is 3.00. The number of nitrogens with one attached hydrogen (secondary N) is 1. The molecule has 0 radical (unpaired) electrons. The number of carbonyl (C=O) groups is 1. The Morgan fingerprint density at radius 1 is 1.03 bits per heavy atom. The number of benzene rings is 2. The van der Waals surface area contributed by atoms with Gasteiger partial charge < -0.3 is 14.6 Å². The van der Waals surface area contributed by atoms with Crippen molar-refractivity contribution in [2.24, 2.45) is 5.92 Å². The van der Waals surface area contributed by atoms with Gasteiger partial charge in [-0.3, -0.25) is 9.69 Å². The predicted octanol–water partition coefficient (Wildman–Crippen LogP) is 4.60. The fraction of sp³-hybridized carbons (Fsp3) is 0.429. The molecule has 0 saturated carbocycles. The van der Waals surface area contributed by atoms with E-state index in [4.69, 9.17) is 9.40 Å². The second-order valence-corrected chi connectivity index (χ2v) is 9.60. The highest BCUT2D eigenvalue weighted by molar-refractivity contribution is 5.78. The van der Waals surface area contributed by atoms with Crippen molar-refractivity contribution in [3.63, 3.8) is 0 Å². The summed E-state index contributed by atoms with van der Waals surface area (Å²) >= 11 is 0. The van der Waals surface area contributed by atoms with Crippen molar-refractivity contribution in [2.75, 3.05) is 37.6 Å². The molecule has 2 aromatic carbocycles. The number of aromatic nitrogens is 1. The van der Waals surface area contributed by atoms with E-state index in [-0.39, 0.29) is 5.91 Å². The molecular formula is C28H36N4O2. The van der Waals surface area contributed by atoms with Crippen LogP contribution >= 0.6 is 0 Å². The van der Waals surface area contributed by atoms with Crippen molar-refractivity contribution < 1.29 is 9.21 Å². The first-order valence-electron chi connectivity index (χ1n) is 12.2. The van der Waals surface area contributed by atoms with E-state index in [9.17, 15) is 4.79 Å². The first-order chi connectivity index (χ1) is 16.4. The van der Waals surface area contributed by atoms with E-state index in [0.717, 1.165) is 49.6 Å². The highest BCUT2D eigenvalue weighted by Gasteiger charge is 2.21. The van der Waals surface area contributed by atoms with Gasteiger partial charge in [-0.25, -0.2) is 4.98 Å². The Morgan fingerprint density at radius 2 is 1.76 bits per heavy atom. The number of hydrogen-bond acceptors (Lipinski definition) is 5. The normalized spacial score (nSPS) is 14.6. The second-order valence-electron chi connectivity index (χ2n) is 9.60. The minimum atomic E-state index is 0.00468. The number of rotatable bonds is 8. The van der Waals surface area contributed by atoms with Crippen LogP contribution in [-0.2, 0) is 17.8 Å². The third-order valence-corrected chi connectivity index (χ3v) is 6.48. The Labute approximate surface area is 203 Å². The molecule has 0 unspecified atom stereocenters. The summed E-state index contributed by atoms with van der Waals surface area (Å²) in [5.41, 5.74) is 5.88. The monoisotopic (exact) mass is 460 g/mol. The van der Waals surface area contributed by atoms with Gasteiger partial charge in [-0.2, -0.15) is 0 Å². The third-order valence-electron chi connectivity index (χ3n) is 6.48. The van der Waals surface area contributed by atoms with Gasteiger partial charge >= 0.3 is 0 Å². The number of aryl methyl sites for hydroxylation is 1. The first-order valence-corrected chi connectivity index (χ1v) is 12.2. The lowest BCUT2D eigenvalue weighted by molar-refractivity contribution is -0.122. The van der Waals surface area contributed by atoms with Crippen molar-refractivity contribution in [2.45, 2.75) is 40.7 Å². The van der Waals surface area contributed by atoms with Gasteiger partial charge in [0, 0.05) is 43.9 Å². The maximum absolute atomic E-state index is 12.6. The van der Waals surface area contributed by atoms with E-state index in [1.54, 1.807) is 0 Å². The van der Waals surface area contributed by atoms with E-state index in [1.807, 2.05) is 30.3 Å². The maximum Gasteiger partial charge on any atom is 0.234 e. The molecule has 0 bridgehead atoms. The van der Waals surface area contributed by atoms with Gasteiger partial charge in [-0.1, -0.05) is 56.3 Å². The van der Waals surface area contributed by atoms with E-state index in [1.165, 1.54) is 16.8 Å². The Bertz CT molecular complexity index is 1100. The summed E-state index contributed by atoms with van der Waals surface area (Å²) < 4.78 is 6.06. The quantitative estimate of drug-likeness (QED) is 0.533. The van der Waals surface area contributed by atoms with Crippen LogP contribution in [-0.4, -0.2) is 48.5 Å². The van der Waals surface area contributed by atoms with Crippen molar-refractivity contribution in [1.29, 1.82) is 0 Å². The molecule has 34 heavy (non-hydrogen) atoms. The van der Waals surface area contributed by atoms with Crippen LogP contribution in [0.1, 0.15) is 36.6 Å². The molecule has 180 valence electrons. The number of carbonyl (C=O) groups excluding carboxylic acids is 1. The molecule has 6 nitrogen and oxygen atoms in total. The fourth-order valence-electron chi connectivity index (χ4n) is 4.46. The zero-order chi connectivity index (χ0) is 24.1. The van der Waals surface area contributed by atoms with E-state index < -0.39 is 0 Å². The largest absolute Gasteiger partial charge is 0.443 e. The molecule has 1 aliphatic heterocycles. The minimum Gasteiger partial charge on any atom is -0.443 e. The molecule has 0 aliphatic carbocycles. The summed E-state index contributed by atoms with van der Waals surface area (Å²) in [6.07, 6.45) is 0.815. The fourth-order valence-corrected chi connectivity index (χ4v) is 4.46. The van der Waals surface area contributed by atoms with Crippen molar-refractivity contribution in [3.8, 4) is 11.3 Å². The van der Waals surface area contributed by atoms with Crippen molar-refractivity contribution >= 4 is 11.6 Å². The number of piperazine rings is 1. The van der Waals surface area contributed by atoms with Gasteiger partial charge in [0.15, 0.2) is 0 Å². The van der Waals surface area contributed by atoms with Crippen LogP contribution in [0.2, 0.25) is 0 Å². The molecule has 1 aliphatic rings. The summed E-state index contributed by atoms with van der Waals surface area (Å²) in [6, 6.07) is 16.6. The standard InChI is InChI=1S/C28H36N4O2/c1-20(2)17-25-28(23-10-6-5-7-11-23)30-27(34-25)18-29-26(33)19-31-13-15-32(16-14-31)24-12-8-9-21(3)22(24)4/h5-12,20H,13-19H2,1-4H3,(H,29,33). The highest BCUT2D eigenvalue weighted by atomic mass is 16.4. The van der Waals surface area contributed by atoms with Crippen LogP contribution in [0, 0.1) is 19.8 Å². The number of anilines is 1. The van der Waals surface area contributed by atoms with Crippen molar-refractivity contribution in [3.05, 3.63) is 71.3 Å². The molecule has 0 atom stereocenters. The summed E-state index contributed by atoms with van der Waals surface area (Å²) in [4.78, 5) is 22.0. The molecule has 4 rings (SSSR count).